The van der Waals surface area contributed by atoms with Gasteiger partial charge in [-0.2, -0.15) is 0 Å². The van der Waals surface area contributed by atoms with E-state index in [1.165, 1.54) is 10.8 Å². The molecule has 0 aliphatic rings. The molecule has 4 aromatic carbocycles. The summed E-state index contributed by atoms with van der Waals surface area (Å²) in [6, 6.07) is 25.1. The zero-order valence-electron chi connectivity index (χ0n) is 14.2. The summed E-state index contributed by atoms with van der Waals surface area (Å²) in [5.41, 5.74) is 5.68. The van der Waals surface area contributed by atoms with Crippen LogP contribution in [0.4, 0.5) is 0 Å². The third-order valence-electron chi connectivity index (χ3n) is 5.62. The number of nitrogens with one attached hydrogen (secondary N) is 1. The second-order valence-electron chi connectivity index (χ2n) is 7.08. The molecule has 0 saturated heterocycles. The molecule has 27 heavy (non-hydrogen) atoms. The molecule has 0 aliphatic heterocycles. The second kappa shape index (κ2) is 4.51. The first-order chi connectivity index (χ1) is 13.4. The number of H-pyrrole nitrogens is 1. The number of aromatic amines is 1. The standard InChI is InChI=1S/C24H13NO2/c1-3-7-19-13(5-1)15-9-10-16-18-11-17-14-6-2-4-8-20(14)26-21(17)12-22(18)27-24(16)23(15)25-19/h1-12,25H. The van der Waals surface area contributed by atoms with Crippen LogP contribution in [0.2, 0.25) is 0 Å². The molecule has 0 aliphatic carbocycles. The van der Waals surface area contributed by atoms with Crippen molar-refractivity contribution in [2.45, 2.75) is 0 Å². The van der Waals surface area contributed by atoms with E-state index in [2.05, 4.69) is 47.4 Å². The molecular weight excluding hydrogens is 334 g/mol. The van der Waals surface area contributed by atoms with Crippen molar-refractivity contribution in [1.82, 2.24) is 4.98 Å². The van der Waals surface area contributed by atoms with Gasteiger partial charge >= 0.3 is 0 Å². The van der Waals surface area contributed by atoms with Crippen LogP contribution in [0.1, 0.15) is 0 Å². The van der Waals surface area contributed by atoms with Gasteiger partial charge in [-0.1, -0.05) is 42.5 Å². The van der Waals surface area contributed by atoms with Gasteiger partial charge in [0, 0.05) is 43.9 Å². The van der Waals surface area contributed by atoms with Gasteiger partial charge < -0.3 is 13.8 Å². The van der Waals surface area contributed by atoms with E-state index >= 15 is 0 Å². The molecule has 0 amide bonds. The molecule has 0 radical (unpaired) electrons. The minimum Gasteiger partial charge on any atom is -0.456 e. The van der Waals surface area contributed by atoms with Gasteiger partial charge in [-0.25, -0.2) is 0 Å². The maximum atomic E-state index is 6.31. The first-order valence-electron chi connectivity index (χ1n) is 9.04. The lowest BCUT2D eigenvalue weighted by molar-refractivity contribution is 0.657. The summed E-state index contributed by atoms with van der Waals surface area (Å²) >= 11 is 0. The van der Waals surface area contributed by atoms with Crippen LogP contribution in [-0.2, 0) is 0 Å². The van der Waals surface area contributed by atoms with E-state index < -0.39 is 0 Å². The van der Waals surface area contributed by atoms with Crippen molar-refractivity contribution in [2.75, 3.05) is 0 Å². The molecular formula is C24H13NO2. The lowest BCUT2D eigenvalue weighted by atomic mass is 10.1. The Morgan fingerprint density at radius 3 is 2.22 bits per heavy atom. The summed E-state index contributed by atoms with van der Waals surface area (Å²) in [4.78, 5) is 3.53. The van der Waals surface area contributed by atoms with Crippen molar-refractivity contribution in [3.05, 3.63) is 72.8 Å². The third kappa shape index (κ3) is 1.62. The third-order valence-corrected chi connectivity index (χ3v) is 5.62. The summed E-state index contributed by atoms with van der Waals surface area (Å²) < 4.78 is 12.3. The number of benzene rings is 4. The van der Waals surface area contributed by atoms with Crippen molar-refractivity contribution in [1.29, 1.82) is 0 Å². The lowest BCUT2D eigenvalue weighted by Gasteiger charge is -1.93. The number of hydrogen-bond acceptors (Lipinski definition) is 2. The Hall–Kier alpha value is -3.72. The average molecular weight is 347 g/mol. The van der Waals surface area contributed by atoms with Crippen LogP contribution < -0.4 is 0 Å². The fourth-order valence-corrected chi connectivity index (χ4v) is 4.37. The van der Waals surface area contributed by atoms with Crippen molar-refractivity contribution in [3.8, 4) is 0 Å². The van der Waals surface area contributed by atoms with Gasteiger partial charge in [0.25, 0.3) is 0 Å². The first kappa shape index (κ1) is 13.5. The van der Waals surface area contributed by atoms with Crippen molar-refractivity contribution in [2.24, 2.45) is 0 Å². The predicted molar refractivity (Wildman–Crippen MR) is 110 cm³/mol. The Kier molecular flexibility index (Phi) is 2.25. The van der Waals surface area contributed by atoms with Gasteiger partial charge in [0.1, 0.15) is 16.7 Å². The van der Waals surface area contributed by atoms with E-state index in [9.17, 15) is 0 Å². The molecule has 0 unspecified atom stereocenters. The molecule has 0 saturated carbocycles. The number of rotatable bonds is 0. The van der Waals surface area contributed by atoms with Crippen LogP contribution in [-0.4, -0.2) is 4.98 Å². The summed E-state index contributed by atoms with van der Waals surface area (Å²) in [7, 11) is 0. The highest BCUT2D eigenvalue weighted by molar-refractivity contribution is 6.22. The van der Waals surface area contributed by atoms with Crippen LogP contribution >= 0.6 is 0 Å². The molecule has 0 spiro atoms. The van der Waals surface area contributed by atoms with E-state index in [4.69, 9.17) is 8.83 Å². The molecule has 3 nitrogen and oxygen atoms in total. The van der Waals surface area contributed by atoms with Gasteiger partial charge in [0.2, 0.25) is 0 Å². The number of aromatic nitrogens is 1. The summed E-state index contributed by atoms with van der Waals surface area (Å²) in [5.74, 6) is 0. The van der Waals surface area contributed by atoms with Crippen LogP contribution in [0.25, 0.3) is 65.7 Å². The molecule has 7 rings (SSSR count). The number of furan rings is 2. The van der Waals surface area contributed by atoms with Crippen LogP contribution in [0.5, 0.6) is 0 Å². The van der Waals surface area contributed by atoms with Crippen LogP contribution in [0, 0.1) is 0 Å². The van der Waals surface area contributed by atoms with E-state index in [1.807, 2.05) is 30.3 Å². The molecule has 3 aromatic heterocycles. The fraction of sp³-hybridized carbons (Fsp3) is 0. The van der Waals surface area contributed by atoms with Gasteiger partial charge in [-0.3, -0.25) is 0 Å². The van der Waals surface area contributed by atoms with Crippen molar-refractivity contribution < 1.29 is 8.83 Å². The van der Waals surface area contributed by atoms with Gasteiger partial charge in [0.15, 0.2) is 5.58 Å². The first-order valence-corrected chi connectivity index (χ1v) is 9.04. The summed E-state index contributed by atoms with van der Waals surface area (Å²) in [6.45, 7) is 0. The Bertz CT molecular complexity index is 1680. The molecule has 0 atom stereocenters. The van der Waals surface area contributed by atoms with Gasteiger partial charge in [-0.05, 0) is 24.3 Å². The van der Waals surface area contributed by atoms with E-state index in [0.717, 1.165) is 54.9 Å². The van der Waals surface area contributed by atoms with Gasteiger partial charge in [0.05, 0.1) is 5.52 Å². The zero-order valence-corrected chi connectivity index (χ0v) is 14.2. The zero-order chi connectivity index (χ0) is 17.5. The Labute approximate surface area is 152 Å². The minimum atomic E-state index is 0.850. The Morgan fingerprint density at radius 1 is 0.519 bits per heavy atom. The van der Waals surface area contributed by atoms with Crippen molar-refractivity contribution in [3.63, 3.8) is 0 Å². The molecule has 126 valence electrons. The molecule has 0 fully saturated rings. The predicted octanol–water partition coefficient (Wildman–Crippen LogP) is 7.12. The van der Waals surface area contributed by atoms with Crippen LogP contribution in [0.3, 0.4) is 0 Å². The van der Waals surface area contributed by atoms with E-state index in [0.29, 0.717) is 0 Å². The maximum absolute atomic E-state index is 6.31. The summed E-state index contributed by atoms with van der Waals surface area (Å²) in [6.07, 6.45) is 0. The van der Waals surface area contributed by atoms with Crippen LogP contribution in [0.15, 0.2) is 81.6 Å². The Balaban J connectivity index is 1.68. The highest BCUT2D eigenvalue weighted by atomic mass is 16.3. The van der Waals surface area contributed by atoms with E-state index in [-0.39, 0.29) is 0 Å². The smallest absolute Gasteiger partial charge is 0.159 e. The highest BCUT2D eigenvalue weighted by Crippen LogP contribution is 2.39. The SMILES string of the molecule is c1ccc2c(c1)[nH]c1c2ccc2c3cc4c(cc3oc21)oc1ccccc14. The fourth-order valence-electron chi connectivity index (χ4n) is 4.37. The minimum absolute atomic E-state index is 0.850. The summed E-state index contributed by atoms with van der Waals surface area (Å²) in [5, 5.41) is 6.90. The Morgan fingerprint density at radius 2 is 1.26 bits per heavy atom. The monoisotopic (exact) mass is 347 g/mol. The lowest BCUT2D eigenvalue weighted by Crippen LogP contribution is -1.71. The molecule has 1 N–H and O–H groups in total. The van der Waals surface area contributed by atoms with Gasteiger partial charge in [-0.15, -0.1) is 0 Å². The topological polar surface area (TPSA) is 42.1 Å². The molecule has 3 heterocycles. The molecule has 3 heteroatoms. The molecule has 7 aromatic rings. The average Bonchev–Trinajstić information content (AvgIpc) is 3.36. The van der Waals surface area contributed by atoms with Crippen molar-refractivity contribution >= 4 is 65.7 Å². The number of para-hydroxylation sites is 2. The number of hydrogen-bond donors (Lipinski definition) is 1. The largest absolute Gasteiger partial charge is 0.456 e. The quantitative estimate of drug-likeness (QED) is 0.317. The highest BCUT2D eigenvalue weighted by Gasteiger charge is 2.16. The normalized spacial score (nSPS) is 12.4. The molecule has 0 bridgehead atoms. The number of fused-ring (bicyclic) bond motifs is 10. The maximum Gasteiger partial charge on any atom is 0.159 e. The van der Waals surface area contributed by atoms with E-state index in [1.54, 1.807) is 0 Å². The second-order valence-corrected chi connectivity index (χ2v) is 7.08.